The number of hydrogen-bond donors (Lipinski definition) is 1. The molecule has 0 aliphatic heterocycles. The van der Waals surface area contributed by atoms with Gasteiger partial charge in [0.25, 0.3) is 5.91 Å². The Morgan fingerprint density at radius 2 is 2.33 bits per heavy atom. The third-order valence-corrected chi connectivity index (χ3v) is 3.38. The van der Waals surface area contributed by atoms with Gasteiger partial charge >= 0.3 is 0 Å². The van der Waals surface area contributed by atoms with Crippen molar-refractivity contribution < 1.29 is 9.32 Å². The van der Waals surface area contributed by atoms with Crippen LogP contribution in [0.3, 0.4) is 0 Å². The van der Waals surface area contributed by atoms with E-state index in [0.29, 0.717) is 5.69 Å². The number of carbonyl (C=O) groups excluding carboxylic acids is 1. The lowest BCUT2D eigenvalue weighted by atomic mass is 10.0. The number of nitrogens with zero attached hydrogens (tertiary/aromatic N) is 2. The maximum atomic E-state index is 12.0. The molecule has 0 fully saturated rings. The van der Waals surface area contributed by atoms with Crippen LogP contribution in [-0.4, -0.2) is 15.4 Å². The van der Waals surface area contributed by atoms with Gasteiger partial charge in [-0.05, 0) is 37.9 Å². The van der Waals surface area contributed by atoms with E-state index in [1.54, 1.807) is 11.4 Å². The molecule has 6 heteroatoms. The van der Waals surface area contributed by atoms with Crippen molar-refractivity contribution in [2.45, 2.75) is 33.2 Å². The van der Waals surface area contributed by atoms with Crippen LogP contribution in [0.2, 0.25) is 0 Å². The van der Waals surface area contributed by atoms with Crippen molar-refractivity contribution in [3.63, 3.8) is 0 Å². The molecular formula is C12H15N3O2S. The smallest absolute Gasteiger partial charge is 0.271 e. The van der Waals surface area contributed by atoms with Crippen LogP contribution in [0.1, 0.15) is 46.9 Å². The van der Waals surface area contributed by atoms with E-state index in [1.807, 2.05) is 20.8 Å². The summed E-state index contributed by atoms with van der Waals surface area (Å²) in [5, 5.41) is 8.66. The zero-order chi connectivity index (χ0) is 13.1. The van der Waals surface area contributed by atoms with Crippen molar-refractivity contribution in [2.24, 2.45) is 0 Å². The molecule has 2 aromatic rings. The highest BCUT2D eigenvalue weighted by Gasteiger charge is 2.21. The third kappa shape index (κ3) is 2.43. The molecule has 0 spiro atoms. The number of carbonyl (C=O) groups is 1. The SMILES string of the molecule is CCC(NC(=O)c1ccsn1)c1c(C)noc1C. The Kier molecular flexibility index (Phi) is 3.76. The van der Waals surface area contributed by atoms with Gasteiger partial charge in [0.2, 0.25) is 0 Å². The zero-order valence-corrected chi connectivity index (χ0v) is 11.4. The van der Waals surface area contributed by atoms with Gasteiger partial charge in [0.1, 0.15) is 11.5 Å². The number of nitrogens with one attached hydrogen (secondary N) is 1. The lowest BCUT2D eigenvalue weighted by molar-refractivity contribution is 0.0931. The van der Waals surface area contributed by atoms with Gasteiger partial charge in [-0.25, -0.2) is 0 Å². The van der Waals surface area contributed by atoms with Crippen LogP contribution in [0, 0.1) is 13.8 Å². The lowest BCUT2D eigenvalue weighted by Gasteiger charge is -2.16. The molecule has 0 saturated carbocycles. The molecule has 0 aliphatic carbocycles. The van der Waals surface area contributed by atoms with Gasteiger partial charge in [0, 0.05) is 10.9 Å². The molecule has 0 saturated heterocycles. The minimum Gasteiger partial charge on any atom is -0.361 e. The van der Waals surface area contributed by atoms with E-state index in [4.69, 9.17) is 4.52 Å². The van der Waals surface area contributed by atoms with Gasteiger partial charge in [-0.15, -0.1) is 0 Å². The lowest BCUT2D eigenvalue weighted by Crippen LogP contribution is -2.28. The van der Waals surface area contributed by atoms with Crippen LogP contribution < -0.4 is 5.32 Å². The summed E-state index contributed by atoms with van der Waals surface area (Å²) in [6.45, 7) is 5.74. The van der Waals surface area contributed by atoms with Crippen LogP contribution in [0.25, 0.3) is 0 Å². The fourth-order valence-electron chi connectivity index (χ4n) is 1.93. The Balaban J connectivity index is 2.18. The highest BCUT2D eigenvalue weighted by molar-refractivity contribution is 7.03. The third-order valence-electron chi connectivity index (χ3n) is 2.82. The van der Waals surface area contributed by atoms with E-state index in [9.17, 15) is 4.79 Å². The first-order valence-corrected chi connectivity index (χ1v) is 6.61. The molecule has 18 heavy (non-hydrogen) atoms. The van der Waals surface area contributed by atoms with E-state index in [-0.39, 0.29) is 11.9 Å². The minimum absolute atomic E-state index is 0.0922. The van der Waals surface area contributed by atoms with Gasteiger partial charge in [-0.3, -0.25) is 4.79 Å². The van der Waals surface area contributed by atoms with E-state index >= 15 is 0 Å². The molecule has 1 N–H and O–H groups in total. The minimum atomic E-state index is -0.164. The Morgan fingerprint density at radius 1 is 1.56 bits per heavy atom. The summed E-state index contributed by atoms with van der Waals surface area (Å²) < 4.78 is 9.16. The molecule has 0 bridgehead atoms. The molecule has 2 aromatic heterocycles. The topological polar surface area (TPSA) is 68.0 Å². The highest BCUT2D eigenvalue weighted by atomic mass is 32.1. The van der Waals surface area contributed by atoms with E-state index in [1.165, 1.54) is 11.5 Å². The predicted octanol–water partition coefficient (Wildman–Crippen LogP) is 2.63. The molecule has 1 amide bonds. The van der Waals surface area contributed by atoms with Gasteiger partial charge in [-0.1, -0.05) is 12.1 Å². The monoisotopic (exact) mass is 265 g/mol. The second-order valence-corrected chi connectivity index (χ2v) is 4.72. The fraction of sp³-hybridized carbons (Fsp3) is 0.417. The first kappa shape index (κ1) is 12.8. The molecule has 0 radical (unpaired) electrons. The van der Waals surface area contributed by atoms with Crippen LogP contribution >= 0.6 is 11.5 Å². The Bertz CT molecular complexity index is 514. The number of amides is 1. The quantitative estimate of drug-likeness (QED) is 0.922. The highest BCUT2D eigenvalue weighted by Crippen LogP contribution is 2.24. The number of rotatable bonds is 4. The van der Waals surface area contributed by atoms with Crippen LogP contribution in [0.5, 0.6) is 0 Å². The summed E-state index contributed by atoms with van der Waals surface area (Å²) in [7, 11) is 0. The summed E-state index contributed by atoms with van der Waals surface area (Å²) in [6, 6.07) is 1.62. The zero-order valence-electron chi connectivity index (χ0n) is 10.6. The number of aromatic nitrogens is 2. The molecule has 5 nitrogen and oxygen atoms in total. The van der Waals surface area contributed by atoms with Crippen molar-refractivity contribution in [3.8, 4) is 0 Å². The van der Waals surface area contributed by atoms with Crippen LogP contribution in [-0.2, 0) is 0 Å². The van der Waals surface area contributed by atoms with Gasteiger partial charge < -0.3 is 9.84 Å². The van der Waals surface area contributed by atoms with Crippen molar-refractivity contribution >= 4 is 17.4 Å². The standard InChI is InChI=1S/C12H15N3O2S/c1-4-9(11-7(2)14-17-8(11)3)13-12(16)10-5-6-18-15-10/h5-6,9H,4H2,1-3H3,(H,13,16). The predicted molar refractivity (Wildman–Crippen MR) is 68.6 cm³/mol. The van der Waals surface area contributed by atoms with Crippen LogP contribution in [0.15, 0.2) is 16.0 Å². The van der Waals surface area contributed by atoms with E-state index in [0.717, 1.165) is 23.4 Å². The average Bonchev–Trinajstić information content (AvgIpc) is 2.98. The van der Waals surface area contributed by atoms with Crippen molar-refractivity contribution in [2.75, 3.05) is 0 Å². The molecule has 2 heterocycles. The maximum Gasteiger partial charge on any atom is 0.271 e. The van der Waals surface area contributed by atoms with E-state index in [2.05, 4.69) is 14.8 Å². The van der Waals surface area contributed by atoms with Gasteiger partial charge in [-0.2, -0.15) is 4.37 Å². The molecule has 96 valence electrons. The molecular weight excluding hydrogens is 250 g/mol. The Morgan fingerprint density at radius 3 is 2.83 bits per heavy atom. The largest absolute Gasteiger partial charge is 0.361 e. The molecule has 0 aliphatic rings. The van der Waals surface area contributed by atoms with Gasteiger partial charge in [0.05, 0.1) is 11.7 Å². The molecule has 1 unspecified atom stereocenters. The number of aryl methyl sites for hydroxylation is 2. The van der Waals surface area contributed by atoms with E-state index < -0.39 is 0 Å². The summed E-state index contributed by atoms with van der Waals surface area (Å²) in [4.78, 5) is 12.0. The Labute approximate surface area is 109 Å². The summed E-state index contributed by atoms with van der Waals surface area (Å²) in [5.74, 6) is 0.584. The van der Waals surface area contributed by atoms with Crippen molar-refractivity contribution in [1.82, 2.24) is 14.8 Å². The molecule has 2 rings (SSSR count). The average molecular weight is 265 g/mol. The Hall–Kier alpha value is -1.69. The first-order valence-electron chi connectivity index (χ1n) is 5.77. The normalized spacial score (nSPS) is 12.4. The maximum absolute atomic E-state index is 12.0. The molecule has 0 aromatic carbocycles. The van der Waals surface area contributed by atoms with Crippen LogP contribution in [0.4, 0.5) is 0 Å². The summed E-state index contributed by atoms with van der Waals surface area (Å²) in [6.07, 6.45) is 0.777. The second-order valence-electron chi connectivity index (χ2n) is 4.06. The molecule has 1 atom stereocenters. The summed E-state index contributed by atoms with van der Waals surface area (Å²) in [5.41, 5.74) is 2.23. The number of hydrogen-bond acceptors (Lipinski definition) is 5. The summed E-state index contributed by atoms with van der Waals surface area (Å²) >= 11 is 1.26. The second kappa shape index (κ2) is 5.30. The van der Waals surface area contributed by atoms with Crippen molar-refractivity contribution in [1.29, 1.82) is 0 Å². The fourth-order valence-corrected chi connectivity index (χ4v) is 2.44. The first-order chi connectivity index (χ1) is 8.63. The van der Waals surface area contributed by atoms with Gasteiger partial charge in [0.15, 0.2) is 0 Å². The van der Waals surface area contributed by atoms with Crippen molar-refractivity contribution in [3.05, 3.63) is 34.2 Å².